The van der Waals surface area contributed by atoms with Crippen LogP contribution < -0.4 is 0 Å². The Morgan fingerprint density at radius 1 is 1.04 bits per heavy atom. The lowest BCUT2D eigenvalue weighted by atomic mass is 10.1. The van der Waals surface area contributed by atoms with Gasteiger partial charge in [0.2, 0.25) is 0 Å². The Morgan fingerprint density at radius 2 is 1.80 bits per heavy atom. The van der Waals surface area contributed by atoms with Gasteiger partial charge in [0.05, 0.1) is 10.4 Å². The van der Waals surface area contributed by atoms with Gasteiger partial charge in [0.1, 0.15) is 0 Å². The molecule has 0 aromatic carbocycles. The largest absolute Gasteiger partial charge is 0.335 e. The number of unbranched alkanes of at least 4 members (excludes halogenated alkanes) is 7. The maximum atomic E-state index is 4.27. The molecule has 0 N–H and O–H groups in total. The normalized spacial score (nSPS) is 23.8. The highest BCUT2D eigenvalue weighted by atomic mass is 32.2. The minimum Gasteiger partial charge on any atom is -0.335 e. The highest BCUT2D eigenvalue weighted by molar-refractivity contribution is 8.19. The zero-order valence-electron chi connectivity index (χ0n) is 16.4. The molecule has 1 fully saturated rings. The van der Waals surface area contributed by atoms with Crippen LogP contribution in [0.25, 0.3) is 0 Å². The lowest BCUT2D eigenvalue weighted by Gasteiger charge is -2.40. The van der Waals surface area contributed by atoms with Crippen LogP contribution in [-0.4, -0.2) is 24.6 Å². The van der Waals surface area contributed by atoms with Gasteiger partial charge in [-0.25, -0.2) is 4.98 Å². The Hall–Kier alpha value is -0.0900. The van der Waals surface area contributed by atoms with E-state index in [4.69, 9.17) is 0 Å². The van der Waals surface area contributed by atoms with Gasteiger partial charge >= 0.3 is 0 Å². The van der Waals surface area contributed by atoms with Gasteiger partial charge in [-0.3, -0.25) is 0 Å². The summed E-state index contributed by atoms with van der Waals surface area (Å²) in [6.07, 6.45) is 22.8. The Bertz CT molecular complexity index is 435. The topological polar surface area (TPSA) is 17.8 Å². The lowest BCUT2D eigenvalue weighted by molar-refractivity contribution is 0.521. The van der Waals surface area contributed by atoms with E-state index in [-0.39, 0.29) is 0 Å². The Balaban J connectivity index is 1.84. The molecule has 1 aliphatic heterocycles. The molecular formula is C21H38N2S2. The van der Waals surface area contributed by atoms with E-state index in [0.717, 1.165) is 11.8 Å². The molecule has 0 amide bonds. The second kappa shape index (κ2) is 12.3. The molecule has 1 saturated heterocycles. The van der Waals surface area contributed by atoms with Gasteiger partial charge in [-0.1, -0.05) is 71.6 Å². The monoisotopic (exact) mass is 382 g/mol. The second-order valence-corrected chi connectivity index (χ2v) is 11.0. The average molecular weight is 383 g/mol. The first-order chi connectivity index (χ1) is 12.3. The van der Waals surface area contributed by atoms with Crippen molar-refractivity contribution in [2.75, 3.05) is 5.75 Å². The first-order valence-electron chi connectivity index (χ1n) is 10.6. The molecule has 2 unspecified atom stereocenters. The number of aromatic nitrogens is 2. The fourth-order valence-corrected chi connectivity index (χ4v) is 7.71. The predicted octanol–water partition coefficient (Wildman–Crippen LogP) is 7.15. The first-order valence-corrected chi connectivity index (χ1v) is 12.4. The molecule has 2 heterocycles. The maximum absolute atomic E-state index is 4.27. The molecule has 0 bridgehead atoms. The molecule has 2 nitrogen and oxygen atoms in total. The number of hydrogen-bond acceptors (Lipinski definition) is 3. The zero-order valence-corrected chi connectivity index (χ0v) is 18.1. The summed E-state index contributed by atoms with van der Waals surface area (Å²) in [6, 6.07) is 0. The van der Waals surface area contributed by atoms with Crippen LogP contribution in [0, 0.1) is 0 Å². The standard InChI is InChI=1S/C21H38N2S2/c1-3-5-7-8-9-10-11-14-21(18-23-16-15-22-19-23)24-17-13-20(25-21)12-6-4-2/h15-16,19-20H,3-14,17-18H2,1-2H3. The molecule has 25 heavy (non-hydrogen) atoms. The van der Waals surface area contributed by atoms with Crippen molar-refractivity contribution in [2.24, 2.45) is 0 Å². The van der Waals surface area contributed by atoms with Crippen molar-refractivity contribution < 1.29 is 0 Å². The van der Waals surface area contributed by atoms with Gasteiger partial charge < -0.3 is 4.57 Å². The van der Waals surface area contributed by atoms with Gasteiger partial charge in [-0.2, -0.15) is 0 Å². The number of rotatable bonds is 13. The summed E-state index contributed by atoms with van der Waals surface area (Å²) in [5.74, 6) is 1.34. The molecule has 1 aromatic rings. The molecule has 2 atom stereocenters. The quantitative estimate of drug-likeness (QED) is 0.337. The third kappa shape index (κ3) is 7.99. The smallest absolute Gasteiger partial charge is 0.0946 e. The van der Waals surface area contributed by atoms with Crippen LogP contribution >= 0.6 is 23.5 Å². The number of nitrogens with zero attached hydrogens (tertiary/aromatic N) is 2. The highest BCUT2D eigenvalue weighted by Gasteiger charge is 2.37. The minimum atomic E-state index is 0.376. The molecule has 1 aliphatic rings. The van der Waals surface area contributed by atoms with E-state index in [1.165, 1.54) is 82.8 Å². The van der Waals surface area contributed by atoms with E-state index >= 15 is 0 Å². The Kier molecular flexibility index (Phi) is 10.5. The molecule has 0 spiro atoms. The number of hydrogen-bond donors (Lipinski definition) is 0. The first kappa shape index (κ1) is 21.2. The third-order valence-corrected chi connectivity index (χ3v) is 8.72. The van der Waals surface area contributed by atoms with Crippen LogP contribution in [0.15, 0.2) is 18.7 Å². The summed E-state index contributed by atoms with van der Waals surface area (Å²) in [5, 5.41) is 0.870. The van der Waals surface area contributed by atoms with Gasteiger partial charge in [0, 0.05) is 24.2 Å². The molecule has 4 heteroatoms. The number of imidazole rings is 1. The van der Waals surface area contributed by atoms with E-state index in [0.29, 0.717) is 4.08 Å². The van der Waals surface area contributed by atoms with Gasteiger partial charge in [-0.15, -0.1) is 23.5 Å². The number of thioether (sulfide) groups is 2. The third-order valence-electron chi connectivity index (χ3n) is 5.21. The lowest BCUT2D eigenvalue weighted by Crippen LogP contribution is -2.33. The van der Waals surface area contributed by atoms with Crippen LogP contribution in [0.1, 0.15) is 90.9 Å². The summed E-state index contributed by atoms with van der Waals surface area (Å²) in [5.41, 5.74) is 0. The molecule has 0 aliphatic carbocycles. The van der Waals surface area contributed by atoms with E-state index in [1.54, 1.807) is 0 Å². The summed E-state index contributed by atoms with van der Waals surface area (Å²) in [6.45, 7) is 5.74. The van der Waals surface area contributed by atoms with Crippen molar-refractivity contribution in [3.05, 3.63) is 18.7 Å². The van der Waals surface area contributed by atoms with Gasteiger partial charge in [0.25, 0.3) is 0 Å². The van der Waals surface area contributed by atoms with Crippen molar-refractivity contribution in [3.8, 4) is 0 Å². The molecule has 0 saturated carbocycles. The Labute approximate surface area is 164 Å². The predicted molar refractivity (Wildman–Crippen MR) is 116 cm³/mol. The van der Waals surface area contributed by atoms with Crippen LogP contribution in [0.4, 0.5) is 0 Å². The molecule has 2 rings (SSSR count). The fraction of sp³-hybridized carbons (Fsp3) is 0.857. The molecule has 1 aromatic heterocycles. The van der Waals surface area contributed by atoms with Gasteiger partial charge in [0.15, 0.2) is 0 Å². The van der Waals surface area contributed by atoms with Crippen molar-refractivity contribution in [2.45, 2.75) is 107 Å². The van der Waals surface area contributed by atoms with Crippen LogP contribution in [0.2, 0.25) is 0 Å². The van der Waals surface area contributed by atoms with E-state index in [9.17, 15) is 0 Å². The molecule has 0 radical (unpaired) electrons. The van der Waals surface area contributed by atoms with Crippen molar-refractivity contribution >= 4 is 23.5 Å². The molecular weight excluding hydrogens is 344 g/mol. The fourth-order valence-electron chi connectivity index (χ4n) is 3.71. The van der Waals surface area contributed by atoms with E-state index in [1.807, 2.05) is 12.5 Å². The van der Waals surface area contributed by atoms with Crippen molar-refractivity contribution in [3.63, 3.8) is 0 Å². The van der Waals surface area contributed by atoms with E-state index in [2.05, 4.69) is 53.1 Å². The average Bonchev–Trinajstić information content (AvgIpc) is 3.12. The van der Waals surface area contributed by atoms with Crippen LogP contribution in [0.3, 0.4) is 0 Å². The summed E-state index contributed by atoms with van der Waals surface area (Å²) in [4.78, 5) is 4.27. The van der Waals surface area contributed by atoms with Crippen LogP contribution in [-0.2, 0) is 6.54 Å². The second-order valence-electron chi connectivity index (χ2n) is 7.54. The van der Waals surface area contributed by atoms with E-state index < -0.39 is 0 Å². The SMILES string of the molecule is CCCCCCCCCC1(Cn2ccnc2)SCCC(CCCC)S1. The minimum absolute atomic E-state index is 0.376. The molecule has 144 valence electrons. The summed E-state index contributed by atoms with van der Waals surface area (Å²) >= 11 is 4.54. The van der Waals surface area contributed by atoms with Crippen molar-refractivity contribution in [1.82, 2.24) is 9.55 Å². The highest BCUT2D eigenvalue weighted by Crippen LogP contribution is 2.51. The van der Waals surface area contributed by atoms with Crippen molar-refractivity contribution in [1.29, 1.82) is 0 Å². The maximum Gasteiger partial charge on any atom is 0.0946 e. The summed E-state index contributed by atoms with van der Waals surface area (Å²) in [7, 11) is 0. The summed E-state index contributed by atoms with van der Waals surface area (Å²) < 4.78 is 2.68. The Morgan fingerprint density at radius 3 is 2.52 bits per heavy atom. The van der Waals surface area contributed by atoms with Gasteiger partial charge in [-0.05, 0) is 25.0 Å². The van der Waals surface area contributed by atoms with Crippen LogP contribution in [0.5, 0.6) is 0 Å². The zero-order chi connectivity index (χ0) is 17.8.